The van der Waals surface area contributed by atoms with Gasteiger partial charge in [-0.3, -0.25) is 9.59 Å². The lowest BCUT2D eigenvalue weighted by Crippen LogP contribution is -2.27. The third-order valence-corrected chi connectivity index (χ3v) is 3.85. The molecule has 0 bridgehead atoms. The standard InChI is InChI=1S/C17H16Cl2N2O3/c1-24-15-7-6-12(8-14(15)19)21-17(23)9-16(22)20-10-11-4-2-3-5-13(11)18/h2-8H,9-10H2,1H3,(H,20,22)(H,21,23). The highest BCUT2D eigenvalue weighted by atomic mass is 35.5. The number of nitrogens with one attached hydrogen (secondary N) is 2. The van der Waals surface area contributed by atoms with Gasteiger partial charge in [0.25, 0.3) is 0 Å². The molecule has 0 spiro atoms. The first-order valence-corrected chi connectivity index (χ1v) is 7.88. The van der Waals surface area contributed by atoms with Crippen molar-refractivity contribution in [2.45, 2.75) is 13.0 Å². The lowest BCUT2D eigenvalue weighted by atomic mass is 10.2. The highest BCUT2D eigenvalue weighted by molar-refractivity contribution is 6.32. The van der Waals surface area contributed by atoms with Gasteiger partial charge in [-0.05, 0) is 29.8 Å². The summed E-state index contributed by atoms with van der Waals surface area (Å²) in [6.45, 7) is 0.264. The smallest absolute Gasteiger partial charge is 0.233 e. The molecule has 0 heterocycles. The molecule has 0 aliphatic rings. The molecule has 0 atom stereocenters. The molecular formula is C17H16Cl2N2O3. The Kier molecular flexibility index (Phi) is 6.46. The molecule has 2 rings (SSSR count). The normalized spacial score (nSPS) is 10.1. The molecule has 2 aromatic rings. The Balaban J connectivity index is 1.84. The molecule has 2 aromatic carbocycles. The highest BCUT2D eigenvalue weighted by Crippen LogP contribution is 2.27. The van der Waals surface area contributed by atoms with Crippen molar-refractivity contribution in [3.63, 3.8) is 0 Å². The Labute approximate surface area is 149 Å². The predicted octanol–water partition coefficient (Wildman–Crippen LogP) is 3.65. The Bertz CT molecular complexity index is 750. The van der Waals surface area contributed by atoms with Crippen LogP contribution in [-0.4, -0.2) is 18.9 Å². The van der Waals surface area contributed by atoms with Gasteiger partial charge in [0.15, 0.2) is 0 Å². The van der Waals surface area contributed by atoms with Gasteiger partial charge in [-0.15, -0.1) is 0 Å². The maximum absolute atomic E-state index is 11.9. The quantitative estimate of drug-likeness (QED) is 0.766. The van der Waals surface area contributed by atoms with Crippen LogP contribution < -0.4 is 15.4 Å². The number of halogens is 2. The van der Waals surface area contributed by atoms with Gasteiger partial charge in [-0.1, -0.05) is 41.4 Å². The van der Waals surface area contributed by atoms with Crippen LogP contribution in [0, 0.1) is 0 Å². The summed E-state index contributed by atoms with van der Waals surface area (Å²) in [5, 5.41) is 6.20. The summed E-state index contributed by atoms with van der Waals surface area (Å²) in [6.07, 6.45) is -0.298. The minimum Gasteiger partial charge on any atom is -0.495 e. The molecule has 24 heavy (non-hydrogen) atoms. The van der Waals surface area contributed by atoms with Crippen molar-refractivity contribution in [2.24, 2.45) is 0 Å². The zero-order valence-electron chi connectivity index (χ0n) is 12.9. The number of hydrogen-bond acceptors (Lipinski definition) is 3. The summed E-state index contributed by atoms with van der Waals surface area (Å²) in [6, 6.07) is 12.0. The second-order valence-corrected chi connectivity index (χ2v) is 5.76. The number of methoxy groups -OCH3 is 1. The minimum atomic E-state index is -0.437. The average molecular weight is 367 g/mol. The van der Waals surface area contributed by atoms with Crippen molar-refractivity contribution in [3.8, 4) is 5.75 Å². The largest absolute Gasteiger partial charge is 0.495 e. The van der Waals surface area contributed by atoms with Crippen molar-refractivity contribution in [3.05, 3.63) is 58.1 Å². The number of carbonyl (C=O) groups is 2. The fourth-order valence-electron chi connectivity index (χ4n) is 1.99. The van der Waals surface area contributed by atoms with E-state index in [1.54, 1.807) is 30.3 Å². The summed E-state index contributed by atoms with van der Waals surface area (Å²) in [5.41, 5.74) is 1.28. The summed E-state index contributed by atoms with van der Waals surface area (Å²) < 4.78 is 5.03. The second-order valence-electron chi connectivity index (χ2n) is 4.94. The second kappa shape index (κ2) is 8.57. The molecule has 0 radical (unpaired) electrons. The molecule has 7 heteroatoms. The van der Waals surface area contributed by atoms with E-state index in [1.165, 1.54) is 7.11 Å². The topological polar surface area (TPSA) is 67.4 Å². The van der Waals surface area contributed by atoms with Crippen LogP contribution in [0.4, 0.5) is 5.69 Å². The van der Waals surface area contributed by atoms with Crippen molar-refractivity contribution < 1.29 is 14.3 Å². The number of rotatable bonds is 6. The summed E-state index contributed by atoms with van der Waals surface area (Å²) in [5.74, 6) is -0.327. The van der Waals surface area contributed by atoms with Gasteiger partial charge >= 0.3 is 0 Å². The Morgan fingerprint density at radius 2 is 1.79 bits per heavy atom. The number of benzene rings is 2. The van der Waals surface area contributed by atoms with Crippen LogP contribution in [0.15, 0.2) is 42.5 Å². The van der Waals surface area contributed by atoms with Crippen LogP contribution >= 0.6 is 23.2 Å². The number of amides is 2. The van der Waals surface area contributed by atoms with Crippen molar-refractivity contribution in [2.75, 3.05) is 12.4 Å². The van der Waals surface area contributed by atoms with Crippen LogP contribution in [0.1, 0.15) is 12.0 Å². The highest BCUT2D eigenvalue weighted by Gasteiger charge is 2.11. The minimum absolute atomic E-state index is 0.264. The summed E-state index contributed by atoms with van der Waals surface area (Å²) in [7, 11) is 1.50. The van der Waals surface area contributed by atoms with Gasteiger partial charge in [-0.2, -0.15) is 0 Å². The average Bonchev–Trinajstić information content (AvgIpc) is 2.54. The molecule has 0 saturated carbocycles. The van der Waals surface area contributed by atoms with Gasteiger partial charge in [-0.25, -0.2) is 0 Å². The van der Waals surface area contributed by atoms with Gasteiger partial charge in [0, 0.05) is 17.3 Å². The zero-order chi connectivity index (χ0) is 17.5. The van der Waals surface area contributed by atoms with Crippen LogP contribution in [0.5, 0.6) is 5.75 Å². The molecule has 5 nitrogen and oxygen atoms in total. The third-order valence-electron chi connectivity index (χ3n) is 3.19. The molecule has 0 unspecified atom stereocenters. The molecule has 2 N–H and O–H groups in total. The van der Waals surface area contributed by atoms with E-state index < -0.39 is 11.8 Å². The molecular weight excluding hydrogens is 351 g/mol. The number of anilines is 1. The molecule has 2 amide bonds. The van der Waals surface area contributed by atoms with E-state index in [4.69, 9.17) is 27.9 Å². The van der Waals surface area contributed by atoms with Crippen LogP contribution in [0.2, 0.25) is 10.0 Å². The van der Waals surface area contributed by atoms with Gasteiger partial charge in [0.1, 0.15) is 12.2 Å². The zero-order valence-corrected chi connectivity index (χ0v) is 14.4. The molecule has 0 aliphatic heterocycles. The monoisotopic (exact) mass is 366 g/mol. The third kappa shape index (κ3) is 5.15. The molecule has 0 saturated heterocycles. The molecule has 0 fully saturated rings. The maximum atomic E-state index is 11.9. The fourth-order valence-corrected chi connectivity index (χ4v) is 2.45. The Morgan fingerprint density at radius 3 is 2.46 bits per heavy atom. The molecule has 0 aliphatic carbocycles. The SMILES string of the molecule is COc1ccc(NC(=O)CC(=O)NCc2ccccc2Cl)cc1Cl. The first kappa shape index (κ1) is 18.1. The summed E-state index contributed by atoms with van der Waals surface area (Å²) in [4.78, 5) is 23.7. The summed E-state index contributed by atoms with van der Waals surface area (Å²) >= 11 is 12.0. The molecule has 0 aromatic heterocycles. The Hall–Kier alpha value is -2.24. The van der Waals surface area contributed by atoms with E-state index in [1.807, 2.05) is 12.1 Å². The van der Waals surface area contributed by atoms with Crippen LogP contribution in [0.3, 0.4) is 0 Å². The fraction of sp³-hybridized carbons (Fsp3) is 0.176. The van der Waals surface area contributed by atoms with Crippen molar-refractivity contribution in [1.82, 2.24) is 5.32 Å². The van der Waals surface area contributed by atoms with E-state index in [0.717, 1.165) is 5.56 Å². The lowest BCUT2D eigenvalue weighted by molar-refractivity contribution is -0.126. The van der Waals surface area contributed by atoms with Gasteiger partial charge in [0.2, 0.25) is 11.8 Å². The van der Waals surface area contributed by atoms with Crippen molar-refractivity contribution >= 4 is 40.7 Å². The first-order chi connectivity index (χ1) is 11.5. The van der Waals surface area contributed by atoms with Gasteiger partial charge in [0.05, 0.1) is 12.1 Å². The van der Waals surface area contributed by atoms with E-state index >= 15 is 0 Å². The number of ether oxygens (including phenoxy) is 1. The molecule has 126 valence electrons. The Morgan fingerprint density at radius 1 is 1.04 bits per heavy atom. The van der Waals surface area contributed by atoms with E-state index in [-0.39, 0.29) is 13.0 Å². The van der Waals surface area contributed by atoms with E-state index in [0.29, 0.717) is 21.5 Å². The van der Waals surface area contributed by atoms with Crippen LogP contribution in [0.25, 0.3) is 0 Å². The van der Waals surface area contributed by atoms with Gasteiger partial charge < -0.3 is 15.4 Å². The van der Waals surface area contributed by atoms with Crippen molar-refractivity contribution in [1.29, 1.82) is 0 Å². The first-order valence-electron chi connectivity index (χ1n) is 7.13. The van der Waals surface area contributed by atoms with E-state index in [9.17, 15) is 9.59 Å². The lowest BCUT2D eigenvalue weighted by Gasteiger charge is -2.09. The number of carbonyl (C=O) groups excluding carboxylic acids is 2. The van der Waals surface area contributed by atoms with Crippen LogP contribution in [-0.2, 0) is 16.1 Å². The maximum Gasteiger partial charge on any atom is 0.233 e. The van der Waals surface area contributed by atoms with E-state index in [2.05, 4.69) is 10.6 Å². The predicted molar refractivity (Wildman–Crippen MR) is 94.5 cm³/mol. The number of hydrogen-bond donors (Lipinski definition) is 2.